The lowest BCUT2D eigenvalue weighted by atomic mass is 10.00. The molecule has 0 amide bonds. The molecule has 0 unspecified atom stereocenters. The highest BCUT2D eigenvalue weighted by molar-refractivity contribution is 9.09. The SMILES string of the molecule is CC[C@H]1COCC[C@@H]1Br. The van der Waals surface area contributed by atoms with Gasteiger partial charge in [-0.1, -0.05) is 29.3 Å². The molecular weight excluding hydrogens is 180 g/mol. The molecule has 0 N–H and O–H groups in total. The van der Waals surface area contributed by atoms with Crippen molar-refractivity contribution < 1.29 is 4.74 Å². The molecule has 0 aliphatic carbocycles. The Morgan fingerprint density at radius 1 is 1.67 bits per heavy atom. The minimum absolute atomic E-state index is 0.705. The molecule has 0 radical (unpaired) electrons. The van der Waals surface area contributed by atoms with Crippen LogP contribution in [0, 0.1) is 5.92 Å². The molecule has 2 atom stereocenters. The van der Waals surface area contributed by atoms with Crippen LogP contribution in [0.1, 0.15) is 19.8 Å². The molecule has 0 bridgehead atoms. The summed E-state index contributed by atoms with van der Waals surface area (Å²) in [6, 6.07) is 0. The fraction of sp³-hybridized carbons (Fsp3) is 1.00. The molecule has 0 saturated carbocycles. The van der Waals surface area contributed by atoms with Crippen LogP contribution in [0.3, 0.4) is 0 Å². The molecule has 1 heterocycles. The van der Waals surface area contributed by atoms with Crippen LogP contribution < -0.4 is 0 Å². The van der Waals surface area contributed by atoms with Crippen molar-refractivity contribution in [1.82, 2.24) is 0 Å². The smallest absolute Gasteiger partial charge is 0.0504 e. The van der Waals surface area contributed by atoms with Gasteiger partial charge in [-0.25, -0.2) is 0 Å². The van der Waals surface area contributed by atoms with Crippen LogP contribution in [-0.2, 0) is 4.74 Å². The Morgan fingerprint density at radius 3 is 2.89 bits per heavy atom. The maximum atomic E-state index is 5.31. The van der Waals surface area contributed by atoms with E-state index in [0.29, 0.717) is 4.83 Å². The topological polar surface area (TPSA) is 9.23 Å². The summed E-state index contributed by atoms with van der Waals surface area (Å²) in [6.07, 6.45) is 2.41. The van der Waals surface area contributed by atoms with Crippen molar-refractivity contribution in [2.24, 2.45) is 5.92 Å². The van der Waals surface area contributed by atoms with Gasteiger partial charge in [0.2, 0.25) is 0 Å². The second kappa shape index (κ2) is 3.57. The van der Waals surface area contributed by atoms with Crippen molar-refractivity contribution in [1.29, 1.82) is 0 Å². The Bertz CT molecular complexity index is 85.0. The molecule has 1 nitrogen and oxygen atoms in total. The van der Waals surface area contributed by atoms with Crippen molar-refractivity contribution in [3.05, 3.63) is 0 Å². The number of alkyl halides is 1. The molecule has 1 fully saturated rings. The zero-order valence-corrected chi connectivity index (χ0v) is 7.36. The molecule has 0 aromatic carbocycles. The Hall–Kier alpha value is 0.440. The third-order valence-corrected chi connectivity index (χ3v) is 3.11. The summed E-state index contributed by atoms with van der Waals surface area (Å²) in [5.41, 5.74) is 0. The van der Waals surface area contributed by atoms with Gasteiger partial charge in [-0.15, -0.1) is 0 Å². The van der Waals surface area contributed by atoms with Gasteiger partial charge in [0.15, 0.2) is 0 Å². The quantitative estimate of drug-likeness (QED) is 0.580. The molecule has 1 aliphatic rings. The van der Waals surface area contributed by atoms with E-state index in [-0.39, 0.29) is 0 Å². The van der Waals surface area contributed by atoms with E-state index in [1.165, 1.54) is 12.8 Å². The van der Waals surface area contributed by atoms with Crippen molar-refractivity contribution in [2.45, 2.75) is 24.6 Å². The van der Waals surface area contributed by atoms with Crippen LogP contribution in [0.4, 0.5) is 0 Å². The second-order valence-corrected chi connectivity index (χ2v) is 3.72. The van der Waals surface area contributed by atoms with E-state index < -0.39 is 0 Å². The van der Waals surface area contributed by atoms with Crippen molar-refractivity contribution >= 4 is 15.9 Å². The maximum absolute atomic E-state index is 5.31. The monoisotopic (exact) mass is 192 g/mol. The number of rotatable bonds is 1. The van der Waals surface area contributed by atoms with Crippen LogP contribution in [-0.4, -0.2) is 18.0 Å². The van der Waals surface area contributed by atoms with Gasteiger partial charge in [-0.3, -0.25) is 0 Å². The zero-order chi connectivity index (χ0) is 6.69. The predicted octanol–water partition coefficient (Wildman–Crippen LogP) is 2.20. The molecule has 0 aromatic heterocycles. The molecule has 1 rings (SSSR count). The summed E-state index contributed by atoms with van der Waals surface area (Å²) in [7, 11) is 0. The highest BCUT2D eigenvalue weighted by Gasteiger charge is 2.20. The minimum Gasteiger partial charge on any atom is -0.381 e. The molecular formula is C7H13BrO. The molecule has 0 aromatic rings. The summed E-state index contributed by atoms with van der Waals surface area (Å²) in [6.45, 7) is 4.10. The first-order chi connectivity index (χ1) is 4.34. The van der Waals surface area contributed by atoms with Gasteiger partial charge < -0.3 is 4.74 Å². The van der Waals surface area contributed by atoms with Crippen LogP contribution in [0.5, 0.6) is 0 Å². The lowest BCUT2D eigenvalue weighted by Crippen LogP contribution is -2.26. The Kier molecular flexibility index (Phi) is 2.99. The van der Waals surface area contributed by atoms with Crippen molar-refractivity contribution in [2.75, 3.05) is 13.2 Å². The molecule has 1 aliphatic heterocycles. The van der Waals surface area contributed by atoms with Gasteiger partial charge in [0.05, 0.1) is 6.61 Å². The van der Waals surface area contributed by atoms with Gasteiger partial charge in [-0.2, -0.15) is 0 Å². The summed E-state index contributed by atoms with van der Waals surface area (Å²) < 4.78 is 5.31. The number of halogens is 1. The highest BCUT2D eigenvalue weighted by Crippen LogP contribution is 2.24. The Labute approximate surface area is 64.9 Å². The van der Waals surface area contributed by atoms with Crippen LogP contribution in [0.15, 0.2) is 0 Å². The maximum Gasteiger partial charge on any atom is 0.0504 e. The second-order valence-electron chi connectivity index (χ2n) is 2.55. The third kappa shape index (κ3) is 1.94. The van der Waals surface area contributed by atoms with Crippen molar-refractivity contribution in [3.63, 3.8) is 0 Å². The largest absolute Gasteiger partial charge is 0.381 e. The predicted molar refractivity (Wildman–Crippen MR) is 41.9 cm³/mol. The first kappa shape index (κ1) is 7.55. The van der Waals surface area contributed by atoms with E-state index >= 15 is 0 Å². The Morgan fingerprint density at radius 2 is 2.44 bits per heavy atom. The molecule has 0 spiro atoms. The third-order valence-electron chi connectivity index (χ3n) is 1.91. The van der Waals surface area contributed by atoms with Gasteiger partial charge in [-0.05, 0) is 12.3 Å². The first-order valence-corrected chi connectivity index (χ1v) is 4.48. The summed E-state index contributed by atoms with van der Waals surface area (Å²) in [5.74, 6) is 0.749. The molecule has 9 heavy (non-hydrogen) atoms. The van der Waals surface area contributed by atoms with Crippen LogP contribution >= 0.6 is 15.9 Å². The lowest BCUT2D eigenvalue weighted by molar-refractivity contribution is 0.0591. The van der Waals surface area contributed by atoms with Gasteiger partial charge in [0.25, 0.3) is 0 Å². The number of hydrogen-bond acceptors (Lipinski definition) is 1. The van der Waals surface area contributed by atoms with E-state index in [1.54, 1.807) is 0 Å². The zero-order valence-electron chi connectivity index (χ0n) is 5.77. The molecule has 54 valence electrons. The summed E-state index contributed by atoms with van der Waals surface area (Å²) in [5, 5.41) is 0. The van der Waals surface area contributed by atoms with E-state index in [0.717, 1.165) is 19.1 Å². The highest BCUT2D eigenvalue weighted by atomic mass is 79.9. The summed E-state index contributed by atoms with van der Waals surface area (Å²) in [4.78, 5) is 0.705. The lowest BCUT2D eigenvalue weighted by Gasteiger charge is -2.26. The van der Waals surface area contributed by atoms with E-state index in [4.69, 9.17) is 4.74 Å². The first-order valence-electron chi connectivity index (χ1n) is 3.56. The number of hydrogen-bond donors (Lipinski definition) is 0. The van der Waals surface area contributed by atoms with Crippen molar-refractivity contribution in [3.8, 4) is 0 Å². The molecule has 1 saturated heterocycles. The van der Waals surface area contributed by atoms with E-state index in [1.807, 2.05) is 0 Å². The fourth-order valence-corrected chi connectivity index (χ4v) is 1.86. The normalized spacial score (nSPS) is 36.7. The van der Waals surface area contributed by atoms with Gasteiger partial charge in [0, 0.05) is 11.4 Å². The van der Waals surface area contributed by atoms with E-state index in [2.05, 4.69) is 22.9 Å². The van der Waals surface area contributed by atoms with Crippen LogP contribution in [0.25, 0.3) is 0 Å². The standard InChI is InChI=1S/C7H13BrO/c1-2-6-5-9-4-3-7(6)8/h6-7H,2-5H2,1H3/t6-,7-/m0/s1. The summed E-state index contributed by atoms with van der Waals surface area (Å²) >= 11 is 3.63. The minimum atomic E-state index is 0.705. The van der Waals surface area contributed by atoms with Gasteiger partial charge in [0.1, 0.15) is 0 Å². The van der Waals surface area contributed by atoms with Crippen LogP contribution in [0.2, 0.25) is 0 Å². The average molecular weight is 193 g/mol. The van der Waals surface area contributed by atoms with Gasteiger partial charge >= 0.3 is 0 Å². The average Bonchev–Trinajstić information content (AvgIpc) is 1.89. The fourth-order valence-electron chi connectivity index (χ4n) is 1.14. The molecule has 2 heteroatoms. The number of ether oxygens (including phenoxy) is 1. The Balaban J connectivity index is 2.30. The van der Waals surface area contributed by atoms with E-state index in [9.17, 15) is 0 Å².